The van der Waals surface area contributed by atoms with Gasteiger partial charge in [0.25, 0.3) is 0 Å². The summed E-state index contributed by atoms with van der Waals surface area (Å²) in [5.74, 6) is -0.588. The fourth-order valence-electron chi connectivity index (χ4n) is 15.7. The van der Waals surface area contributed by atoms with Crippen LogP contribution in [0.1, 0.15) is 178 Å². The summed E-state index contributed by atoms with van der Waals surface area (Å²) in [4.78, 5) is 84.4. The first-order chi connectivity index (χ1) is 31.9. The van der Waals surface area contributed by atoms with Crippen molar-refractivity contribution in [2.24, 2.45) is 74.9 Å². The van der Waals surface area contributed by atoms with E-state index in [0.717, 1.165) is 44.9 Å². The van der Waals surface area contributed by atoms with Gasteiger partial charge in [-0.1, -0.05) is 55.0 Å². The highest BCUT2D eigenvalue weighted by molar-refractivity contribution is 5.85. The second kappa shape index (κ2) is 18.5. The maximum Gasteiger partial charge on any atom is 0.347 e. The van der Waals surface area contributed by atoms with Crippen molar-refractivity contribution in [3.05, 3.63) is 12.3 Å². The van der Waals surface area contributed by atoms with Gasteiger partial charge in [0.15, 0.2) is 6.61 Å². The Balaban J connectivity index is 1.08. The van der Waals surface area contributed by atoms with E-state index < -0.39 is 81.7 Å². The van der Waals surface area contributed by atoms with Crippen LogP contribution in [0.5, 0.6) is 0 Å². The van der Waals surface area contributed by atoms with Gasteiger partial charge >= 0.3 is 35.8 Å². The summed E-state index contributed by atoms with van der Waals surface area (Å²) >= 11 is 0. The number of fused-ring (bicyclic) bond motifs is 1. The summed E-state index contributed by atoms with van der Waals surface area (Å²) in [7, 11) is 0. The zero-order chi connectivity index (χ0) is 49.4. The molecule has 6 bridgehead atoms. The Morgan fingerprint density at radius 1 is 0.706 bits per heavy atom. The lowest BCUT2D eigenvalue weighted by molar-refractivity contribution is -0.234. The monoisotopic (exact) mass is 951 g/mol. The smallest absolute Gasteiger partial charge is 0.347 e. The Labute approximate surface area is 404 Å². The van der Waals surface area contributed by atoms with Crippen LogP contribution in [0, 0.1) is 74.9 Å². The highest BCUT2D eigenvalue weighted by Crippen LogP contribution is 2.63. The molecular formula is C55H82O13. The van der Waals surface area contributed by atoms with Gasteiger partial charge in [-0.15, -0.1) is 0 Å². The Morgan fingerprint density at radius 3 is 1.84 bits per heavy atom. The Hall–Kier alpha value is -3.64. The summed E-state index contributed by atoms with van der Waals surface area (Å²) in [6, 6.07) is 0. The lowest BCUT2D eigenvalue weighted by Gasteiger charge is -2.62. The summed E-state index contributed by atoms with van der Waals surface area (Å²) in [5.41, 5.74) is -6.37. The van der Waals surface area contributed by atoms with Gasteiger partial charge in [-0.25, -0.2) is 9.59 Å². The van der Waals surface area contributed by atoms with Crippen LogP contribution in [0.4, 0.5) is 0 Å². The first kappa shape index (κ1) is 50.7. The van der Waals surface area contributed by atoms with Crippen molar-refractivity contribution in [2.45, 2.75) is 208 Å². The first-order valence-electron chi connectivity index (χ1n) is 26.5. The number of allylic oxidation sites excluding steroid dienone is 1. The van der Waals surface area contributed by atoms with Crippen molar-refractivity contribution in [3.8, 4) is 0 Å². The molecule has 13 heteroatoms. The van der Waals surface area contributed by atoms with Crippen molar-refractivity contribution in [2.75, 3.05) is 13.2 Å². The second-order valence-electron chi connectivity index (χ2n) is 24.9. The van der Waals surface area contributed by atoms with E-state index in [2.05, 4.69) is 34.3 Å². The molecule has 7 aliphatic carbocycles. The molecule has 9 fully saturated rings. The maximum absolute atomic E-state index is 15.5. The maximum atomic E-state index is 15.5. The molecule has 0 aromatic rings. The normalized spacial score (nSPS) is 36.3. The standard InChI is InChI=1S/C55H82O13/c1-12-50(8,33(7)63-27-42(56)65-43-36-25-39-40(26-36)45(57)66-44(39)43)28-52(10,47(59)64-41-16-19-62-46(41)58)30-53(11,49(61)67-54(31(3)4)17-14-15-18-54)29-51(9,13-2)48(60)68-55(32(5)6)37-21-34-20-35(23-37)24-38(55)22-34/h31-32,34-41,43-44H,7,12-30H2,1-6,8-11H3. The number of carbonyl (C=O) groups excluding carboxylic acids is 6. The molecule has 0 aromatic heterocycles. The fourth-order valence-corrected chi connectivity index (χ4v) is 15.7. The molecule has 68 heavy (non-hydrogen) atoms. The van der Waals surface area contributed by atoms with Crippen molar-refractivity contribution in [1.29, 1.82) is 0 Å². The van der Waals surface area contributed by atoms with Gasteiger partial charge in [0.05, 0.1) is 34.5 Å². The number of cyclic esters (lactones) is 1. The van der Waals surface area contributed by atoms with E-state index in [1.165, 1.54) is 6.42 Å². The Bertz CT molecular complexity index is 1970. The summed E-state index contributed by atoms with van der Waals surface area (Å²) in [6.45, 7) is 23.8. The number of hydrogen-bond donors (Lipinski definition) is 0. The molecule has 7 saturated carbocycles. The van der Waals surface area contributed by atoms with Gasteiger partial charge in [-0.2, -0.15) is 0 Å². The Kier molecular flexibility index (Phi) is 13.8. The topological polar surface area (TPSA) is 167 Å². The molecule has 10 unspecified atom stereocenters. The minimum Gasteiger partial charge on any atom is -0.486 e. The first-order valence-corrected chi connectivity index (χ1v) is 26.5. The predicted octanol–water partition coefficient (Wildman–Crippen LogP) is 9.79. The molecule has 380 valence electrons. The van der Waals surface area contributed by atoms with Crippen LogP contribution in [-0.2, 0) is 61.9 Å². The molecule has 9 aliphatic rings. The Morgan fingerprint density at radius 2 is 1.28 bits per heavy atom. The molecule has 0 amide bonds. The molecule has 2 saturated heterocycles. The van der Waals surface area contributed by atoms with E-state index in [-0.39, 0.29) is 79.6 Å². The third kappa shape index (κ3) is 8.91. The summed E-state index contributed by atoms with van der Waals surface area (Å²) in [6.07, 6.45) is 9.19. The van der Waals surface area contributed by atoms with Crippen LogP contribution < -0.4 is 0 Å². The number of carbonyl (C=O) groups is 6. The number of hydrogen-bond acceptors (Lipinski definition) is 13. The molecule has 10 atom stereocenters. The zero-order valence-corrected chi connectivity index (χ0v) is 42.9. The van der Waals surface area contributed by atoms with E-state index in [1.54, 1.807) is 6.92 Å². The van der Waals surface area contributed by atoms with E-state index in [0.29, 0.717) is 55.8 Å². The average molecular weight is 951 g/mol. The molecule has 13 nitrogen and oxygen atoms in total. The van der Waals surface area contributed by atoms with Crippen LogP contribution in [0.15, 0.2) is 12.3 Å². The lowest BCUT2D eigenvalue weighted by Crippen LogP contribution is -2.63. The van der Waals surface area contributed by atoms with Gasteiger partial charge in [0.2, 0.25) is 6.10 Å². The van der Waals surface area contributed by atoms with Gasteiger partial charge in [-0.3, -0.25) is 19.2 Å². The quantitative estimate of drug-likeness (QED) is 0.0607. The summed E-state index contributed by atoms with van der Waals surface area (Å²) < 4.78 is 42.8. The van der Waals surface area contributed by atoms with E-state index in [1.807, 2.05) is 34.6 Å². The van der Waals surface area contributed by atoms with Crippen LogP contribution in [0.2, 0.25) is 0 Å². The summed E-state index contributed by atoms with van der Waals surface area (Å²) in [5, 5.41) is 0. The van der Waals surface area contributed by atoms with Crippen LogP contribution >= 0.6 is 0 Å². The van der Waals surface area contributed by atoms with Crippen molar-refractivity contribution in [3.63, 3.8) is 0 Å². The molecule has 0 spiro atoms. The molecule has 9 rings (SSSR count). The number of rotatable bonds is 21. The molecule has 0 aromatic carbocycles. The molecule has 2 heterocycles. The van der Waals surface area contributed by atoms with Crippen LogP contribution in [-0.4, -0.2) is 78.5 Å². The number of ether oxygens (including phenoxy) is 7. The third-order valence-electron chi connectivity index (χ3n) is 19.6. The minimum absolute atomic E-state index is 0.0257. The zero-order valence-electron chi connectivity index (χ0n) is 42.9. The molecule has 2 aliphatic heterocycles. The SMILES string of the molecule is C=C(OCC(=O)OC1C2CC3C(=O)OC1C3C2)C(C)(CC)CC(C)(CC(C)(CC(C)(CC)C(=O)OC1(C(C)C)C2CC3CC(C2)CC1C3)C(=O)OC1(C(C)C)CCCC1)C(=O)OC1CCOC1=O. The third-order valence-corrected chi connectivity index (χ3v) is 19.6. The highest BCUT2D eigenvalue weighted by atomic mass is 16.6. The predicted molar refractivity (Wildman–Crippen MR) is 250 cm³/mol. The minimum atomic E-state index is -1.50. The van der Waals surface area contributed by atoms with Gasteiger partial charge in [0.1, 0.15) is 23.4 Å². The van der Waals surface area contributed by atoms with E-state index in [4.69, 9.17) is 33.2 Å². The van der Waals surface area contributed by atoms with Crippen molar-refractivity contribution in [1.82, 2.24) is 0 Å². The largest absolute Gasteiger partial charge is 0.486 e. The lowest BCUT2D eigenvalue weighted by atomic mass is 9.47. The van der Waals surface area contributed by atoms with E-state index >= 15 is 14.4 Å². The van der Waals surface area contributed by atoms with Crippen molar-refractivity contribution < 1.29 is 61.9 Å². The van der Waals surface area contributed by atoms with Gasteiger partial charge in [0, 0.05) is 23.7 Å². The molecular weight excluding hydrogens is 869 g/mol. The second-order valence-corrected chi connectivity index (χ2v) is 24.9. The van der Waals surface area contributed by atoms with Gasteiger partial charge < -0.3 is 33.2 Å². The van der Waals surface area contributed by atoms with E-state index in [9.17, 15) is 14.4 Å². The number of esters is 6. The molecule has 0 N–H and O–H groups in total. The molecule has 0 radical (unpaired) electrons. The van der Waals surface area contributed by atoms with Crippen molar-refractivity contribution >= 4 is 35.8 Å². The fraction of sp³-hybridized carbons (Fsp3) is 0.855. The average Bonchev–Trinajstić information content (AvgIpc) is 4.12. The van der Waals surface area contributed by atoms with Gasteiger partial charge in [-0.05, 0) is 159 Å². The van der Waals surface area contributed by atoms with Crippen LogP contribution in [0.25, 0.3) is 0 Å². The van der Waals surface area contributed by atoms with Crippen LogP contribution in [0.3, 0.4) is 0 Å². The highest BCUT2D eigenvalue weighted by Gasteiger charge is 2.65.